The van der Waals surface area contributed by atoms with Crippen LogP contribution in [-0.4, -0.2) is 22.9 Å². The summed E-state index contributed by atoms with van der Waals surface area (Å²) in [5, 5.41) is 4.27. The van der Waals surface area contributed by atoms with Crippen LogP contribution < -0.4 is 5.73 Å². The van der Waals surface area contributed by atoms with Gasteiger partial charge in [-0.05, 0) is 18.3 Å². The quantitative estimate of drug-likeness (QED) is 0.835. The zero-order valence-electron chi connectivity index (χ0n) is 11.9. The molecular formula is C13H23N3O2. The van der Waals surface area contributed by atoms with E-state index in [2.05, 4.69) is 25.9 Å². The third-order valence-corrected chi connectivity index (χ3v) is 2.62. The van der Waals surface area contributed by atoms with Gasteiger partial charge in [0.15, 0.2) is 5.69 Å². The van der Waals surface area contributed by atoms with Crippen LogP contribution in [0.15, 0.2) is 0 Å². The molecule has 0 atom stereocenters. The van der Waals surface area contributed by atoms with Crippen LogP contribution in [0.2, 0.25) is 0 Å². The first-order chi connectivity index (χ1) is 8.30. The molecule has 2 N–H and O–H groups in total. The number of nitrogen functional groups attached to an aromatic ring is 1. The molecule has 5 nitrogen and oxygen atoms in total. The molecule has 0 aromatic carbocycles. The Bertz CT molecular complexity index is 430. The Morgan fingerprint density at radius 3 is 2.50 bits per heavy atom. The molecule has 0 aliphatic rings. The number of carbonyl (C=O) groups excluding carboxylic acids is 1. The van der Waals surface area contributed by atoms with Gasteiger partial charge >= 0.3 is 5.97 Å². The average molecular weight is 253 g/mol. The van der Waals surface area contributed by atoms with Gasteiger partial charge in [-0.1, -0.05) is 27.7 Å². The van der Waals surface area contributed by atoms with Crippen LogP contribution in [0.5, 0.6) is 0 Å². The number of esters is 1. The van der Waals surface area contributed by atoms with E-state index >= 15 is 0 Å². The number of nitrogens with zero attached hydrogens (tertiary/aromatic N) is 2. The van der Waals surface area contributed by atoms with Crippen LogP contribution in [0.3, 0.4) is 0 Å². The van der Waals surface area contributed by atoms with Gasteiger partial charge in [-0.25, -0.2) is 9.48 Å². The number of methoxy groups -OCH3 is 1. The van der Waals surface area contributed by atoms with Crippen molar-refractivity contribution in [2.75, 3.05) is 12.8 Å². The van der Waals surface area contributed by atoms with Crippen LogP contribution in [0.25, 0.3) is 0 Å². The number of hydrogen-bond donors (Lipinski definition) is 1. The van der Waals surface area contributed by atoms with Crippen molar-refractivity contribution in [3.63, 3.8) is 0 Å². The molecule has 0 fully saturated rings. The Balaban J connectivity index is 3.22. The molecular weight excluding hydrogens is 230 g/mol. The fourth-order valence-corrected chi connectivity index (χ4v) is 1.86. The van der Waals surface area contributed by atoms with Crippen molar-refractivity contribution in [3.8, 4) is 0 Å². The molecule has 0 spiro atoms. The summed E-state index contributed by atoms with van der Waals surface area (Å²) in [5.41, 5.74) is 7.26. The molecule has 0 saturated carbocycles. The molecule has 1 aromatic rings. The topological polar surface area (TPSA) is 70.1 Å². The van der Waals surface area contributed by atoms with E-state index in [-0.39, 0.29) is 5.41 Å². The lowest BCUT2D eigenvalue weighted by Crippen LogP contribution is -2.14. The smallest absolute Gasteiger partial charge is 0.358 e. The van der Waals surface area contributed by atoms with Gasteiger partial charge in [-0.15, -0.1) is 0 Å². The Hall–Kier alpha value is -1.52. The van der Waals surface area contributed by atoms with Gasteiger partial charge in [0.2, 0.25) is 0 Å². The zero-order chi connectivity index (χ0) is 13.9. The highest BCUT2D eigenvalue weighted by atomic mass is 16.5. The van der Waals surface area contributed by atoms with E-state index in [1.54, 1.807) is 4.68 Å². The first-order valence-electron chi connectivity index (χ1n) is 6.23. The molecule has 18 heavy (non-hydrogen) atoms. The van der Waals surface area contributed by atoms with Gasteiger partial charge in [0.1, 0.15) is 5.82 Å². The molecule has 0 radical (unpaired) electrons. The predicted molar refractivity (Wildman–Crippen MR) is 71.4 cm³/mol. The Labute approximate surface area is 108 Å². The maximum atomic E-state index is 11.7. The summed E-state index contributed by atoms with van der Waals surface area (Å²) in [6.45, 7) is 9.06. The molecule has 102 valence electrons. The molecule has 0 unspecified atom stereocenters. The lowest BCUT2D eigenvalue weighted by molar-refractivity contribution is 0.0591. The minimum Gasteiger partial charge on any atom is -0.464 e. The highest BCUT2D eigenvalue weighted by Gasteiger charge is 2.25. The summed E-state index contributed by atoms with van der Waals surface area (Å²) >= 11 is 0. The Morgan fingerprint density at radius 2 is 2.06 bits per heavy atom. The van der Waals surface area contributed by atoms with Crippen molar-refractivity contribution in [1.82, 2.24) is 9.78 Å². The molecule has 5 heteroatoms. The summed E-state index contributed by atoms with van der Waals surface area (Å²) in [4.78, 5) is 11.7. The number of hydrogen-bond acceptors (Lipinski definition) is 4. The van der Waals surface area contributed by atoms with Gasteiger partial charge in [-0.3, -0.25) is 0 Å². The van der Waals surface area contributed by atoms with Crippen LogP contribution in [0.4, 0.5) is 5.82 Å². The van der Waals surface area contributed by atoms with Gasteiger partial charge < -0.3 is 10.5 Å². The number of nitrogens with two attached hydrogens (primary N) is 1. The predicted octanol–water partition coefficient (Wildman–Crippen LogP) is 2.25. The standard InChI is InChI=1S/C13H23N3O2/c1-6-7-16-11(14)9(8-13(2,3)4)10(15-16)12(17)18-5/h6-8,14H2,1-5H3. The lowest BCUT2D eigenvalue weighted by atomic mass is 9.88. The molecule has 0 bridgehead atoms. The van der Waals surface area contributed by atoms with Crippen molar-refractivity contribution in [3.05, 3.63) is 11.3 Å². The molecule has 1 heterocycles. The number of anilines is 1. The maximum absolute atomic E-state index is 11.7. The lowest BCUT2D eigenvalue weighted by Gasteiger charge is -2.18. The van der Waals surface area contributed by atoms with Crippen molar-refractivity contribution in [2.24, 2.45) is 5.41 Å². The molecule has 1 aromatic heterocycles. The van der Waals surface area contributed by atoms with Crippen molar-refractivity contribution in [2.45, 2.75) is 47.1 Å². The fourth-order valence-electron chi connectivity index (χ4n) is 1.86. The highest BCUT2D eigenvalue weighted by molar-refractivity contribution is 5.90. The van der Waals surface area contributed by atoms with Gasteiger partial charge in [0.25, 0.3) is 0 Å². The van der Waals surface area contributed by atoms with E-state index in [1.165, 1.54) is 7.11 Å². The largest absolute Gasteiger partial charge is 0.464 e. The monoisotopic (exact) mass is 253 g/mol. The Kier molecular flexibility index (Phi) is 4.38. The second kappa shape index (κ2) is 5.42. The van der Waals surface area contributed by atoms with Crippen molar-refractivity contribution < 1.29 is 9.53 Å². The van der Waals surface area contributed by atoms with Crippen LogP contribution in [0, 0.1) is 5.41 Å². The van der Waals surface area contributed by atoms with Gasteiger partial charge in [0.05, 0.1) is 7.11 Å². The molecule has 1 rings (SSSR count). The highest BCUT2D eigenvalue weighted by Crippen LogP contribution is 2.27. The fraction of sp³-hybridized carbons (Fsp3) is 0.692. The van der Waals surface area contributed by atoms with E-state index in [0.29, 0.717) is 24.5 Å². The number of aryl methyl sites for hydroxylation is 1. The van der Waals surface area contributed by atoms with E-state index in [9.17, 15) is 4.79 Å². The van der Waals surface area contributed by atoms with Crippen molar-refractivity contribution >= 4 is 11.8 Å². The van der Waals surface area contributed by atoms with Gasteiger partial charge in [0, 0.05) is 12.1 Å². The third kappa shape index (κ3) is 3.24. The SMILES string of the molecule is CCCn1nc(C(=O)OC)c(CC(C)(C)C)c1N. The van der Waals surface area contributed by atoms with Crippen LogP contribution >= 0.6 is 0 Å². The summed E-state index contributed by atoms with van der Waals surface area (Å²) in [6.07, 6.45) is 1.62. The minimum absolute atomic E-state index is 0.0387. The van der Waals surface area contributed by atoms with Crippen molar-refractivity contribution in [1.29, 1.82) is 0 Å². The normalized spacial score (nSPS) is 11.6. The van der Waals surface area contributed by atoms with Crippen LogP contribution in [-0.2, 0) is 17.7 Å². The van der Waals surface area contributed by atoms with Gasteiger partial charge in [-0.2, -0.15) is 5.10 Å². The first-order valence-corrected chi connectivity index (χ1v) is 6.23. The molecule has 0 aliphatic heterocycles. The summed E-state index contributed by atoms with van der Waals surface area (Å²) in [6, 6.07) is 0. The van der Waals surface area contributed by atoms with E-state index in [1.807, 2.05) is 6.92 Å². The number of rotatable bonds is 4. The second-order valence-electron chi connectivity index (χ2n) is 5.66. The number of aromatic nitrogens is 2. The molecule has 0 saturated heterocycles. The summed E-state index contributed by atoms with van der Waals surface area (Å²) in [7, 11) is 1.36. The second-order valence-corrected chi connectivity index (χ2v) is 5.66. The summed E-state index contributed by atoms with van der Waals surface area (Å²) in [5.74, 6) is 0.156. The zero-order valence-corrected chi connectivity index (χ0v) is 11.9. The first kappa shape index (κ1) is 14.5. The number of carbonyl (C=O) groups is 1. The minimum atomic E-state index is -0.421. The Morgan fingerprint density at radius 1 is 1.44 bits per heavy atom. The van der Waals surface area contributed by atoms with E-state index in [4.69, 9.17) is 10.5 Å². The molecule has 0 aliphatic carbocycles. The maximum Gasteiger partial charge on any atom is 0.358 e. The third-order valence-electron chi connectivity index (χ3n) is 2.62. The molecule has 0 amide bonds. The number of ether oxygens (including phenoxy) is 1. The summed E-state index contributed by atoms with van der Waals surface area (Å²) < 4.78 is 6.46. The average Bonchev–Trinajstić information content (AvgIpc) is 2.55. The van der Waals surface area contributed by atoms with Crippen LogP contribution in [0.1, 0.15) is 50.2 Å². The van der Waals surface area contributed by atoms with E-state index < -0.39 is 5.97 Å². The van der Waals surface area contributed by atoms with E-state index in [0.717, 1.165) is 12.0 Å².